The van der Waals surface area contributed by atoms with Crippen LogP contribution in [0.5, 0.6) is 5.75 Å². The van der Waals surface area contributed by atoms with Gasteiger partial charge in [0.15, 0.2) is 0 Å². The average molecular weight is 221 g/mol. The molecule has 16 heavy (non-hydrogen) atoms. The highest BCUT2D eigenvalue weighted by molar-refractivity contribution is 5.32. The van der Waals surface area contributed by atoms with Crippen LogP contribution in [0.15, 0.2) is 24.3 Å². The van der Waals surface area contributed by atoms with E-state index in [4.69, 9.17) is 9.84 Å². The van der Waals surface area contributed by atoms with Gasteiger partial charge >= 0.3 is 0 Å². The molecule has 88 valence electrons. The maximum Gasteiger partial charge on any atom is 0.122 e. The Kier molecular flexibility index (Phi) is 3.80. The summed E-state index contributed by atoms with van der Waals surface area (Å²) in [5.74, 6) is 0.975. The number of aliphatic hydroxyl groups excluding tert-OH is 1. The smallest absolute Gasteiger partial charge is 0.122 e. The number of rotatable bonds is 5. The van der Waals surface area contributed by atoms with E-state index in [9.17, 15) is 0 Å². The number of hydrogen-bond acceptors (Lipinski definition) is 3. The zero-order valence-corrected chi connectivity index (χ0v) is 9.65. The average Bonchev–Trinajstić information content (AvgIpc) is 2.27. The van der Waals surface area contributed by atoms with Crippen LogP contribution in [0.1, 0.15) is 18.4 Å². The van der Waals surface area contributed by atoms with E-state index in [1.165, 1.54) is 5.56 Å². The van der Waals surface area contributed by atoms with Gasteiger partial charge in [-0.2, -0.15) is 0 Å². The molecule has 0 aromatic heterocycles. The number of nitrogens with one attached hydrogen (secondary N) is 1. The van der Waals surface area contributed by atoms with Crippen molar-refractivity contribution in [1.29, 1.82) is 0 Å². The summed E-state index contributed by atoms with van der Waals surface area (Å²) in [5, 5.41) is 12.0. The van der Waals surface area contributed by atoms with Crippen molar-refractivity contribution in [1.82, 2.24) is 5.32 Å². The first kappa shape index (κ1) is 11.4. The zero-order valence-electron chi connectivity index (χ0n) is 9.65. The number of hydrogen-bond donors (Lipinski definition) is 2. The van der Waals surface area contributed by atoms with Gasteiger partial charge < -0.3 is 15.2 Å². The largest absolute Gasteiger partial charge is 0.489 e. The fraction of sp³-hybridized carbons (Fsp3) is 0.538. The van der Waals surface area contributed by atoms with Gasteiger partial charge in [0, 0.05) is 12.6 Å². The third kappa shape index (κ3) is 2.54. The molecule has 0 unspecified atom stereocenters. The molecule has 2 atom stereocenters. The van der Waals surface area contributed by atoms with Gasteiger partial charge in [-0.05, 0) is 31.4 Å². The van der Waals surface area contributed by atoms with E-state index in [0.29, 0.717) is 12.6 Å². The van der Waals surface area contributed by atoms with Crippen LogP contribution in [0.4, 0.5) is 0 Å². The summed E-state index contributed by atoms with van der Waals surface area (Å²) in [6.07, 6.45) is 2.49. The third-order valence-corrected chi connectivity index (χ3v) is 3.10. The zero-order chi connectivity index (χ0) is 11.4. The van der Waals surface area contributed by atoms with E-state index < -0.39 is 0 Å². The van der Waals surface area contributed by atoms with Crippen LogP contribution < -0.4 is 10.1 Å². The number of ether oxygens (including phenoxy) is 1. The lowest BCUT2D eigenvalue weighted by atomic mass is 9.89. The fourth-order valence-electron chi connectivity index (χ4n) is 1.95. The molecule has 1 fully saturated rings. The lowest BCUT2D eigenvalue weighted by Crippen LogP contribution is -2.51. The molecule has 0 spiro atoms. The summed E-state index contributed by atoms with van der Waals surface area (Å²) in [6, 6.07) is 8.48. The van der Waals surface area contributed by atoms with Gasteiger partial charge in [0.05, 0.1) is 6.61 Å². The molecule has 0 aliphatic heterocycles. The lowest BCUT2D eigenvalue weighted by molar-refractivity contribution is 0.0694. The normalized spacial score (nSPS) is 23.9. The fourth-order valence-corrected chi connectivity index (χ4v) is 1.95. The Balaban J connectivity index is 1.88. The number of aryl methyl sites for hydroxylation is 1. The monoisotopic (exact) mass is 221 g/mol. The highest BCUT2D eigenvalue weighted by Gasteiger charge is 2.32. The van der Waals surface area contributed by atoms with Crippen molar-refractivity contribution in [3.63, 3.8) is 0 Å². The summed E-state index contributed by atoms with van der Waals surface area (Å²) in [4.78, 5) is 0. The van der Waals surface area contributed by atoms with Crippen molar-refractivity contribution in [2.24, 2.45) is 0 Å². The van der Waals surface area contributed by atoms with Gasteiger partial charge in [-0.1, -0.05) is 18.2 Å². The van der Waals surface area contributed by atoms with Crippen LogP contribution in [-0.2, 0) is 0 Å². The first-order valence-electron chi connectivity index (χ1n) is 5.88. The minimum absolute atomic E-state index is 0.188. The van der Waals surface area contributed by atoms with Crippen molar-refractivity contribution >= 4 is 0 Å². The molecule has 1 aromatic carbocycles. The lowest BCUT2D eigenvalue weighted by Gasteiger charge is -2.37. The van der Waals surface area contributed by atoms with E-state index in [1.54, 1.807) is 0 Å². The number of benzene rings is 1. The van der Waals surface area contributed by atoms with Gasteiger partial charge in [0.1, 0.15) is 11.9 Å². The van der Waals surface area contributed by atoms with E-state index in [1.807, 2.05) is 18.2 Å². The minimum atomic E-state index is 0.188. The quantitative estimate of drug-likeness (QED) is 0.791. The van der Waals surface area contributed by atoms with Gasteiger partial charge in [-0.25, -0.2) is 0 Å². The van der Waals surface area contributed by atoms with Crippen LogP contribution in [0, 0.1) is 6.92 Å². The second kappa shape index (κ2) is 5.32. The summed E-state index contributed by atoms with van der Waals surface area (Å²) < 4.78 is 5.95. The summed E-state index contributed by atoms with van der Waals surface area (Å²) in [6.45, 7) is 2.90. The maximum absolute atomic E-state index is 8.75. The Labute approximate surface area is 96.4 Å². The molecular formula is C13H19NO2. The highest BCUT2D eigenvalue weighted by Crippen LogP contribution is 2.27. The first-order valence-corrected chi connectivity index (χ1v) is 5.88. The predicted molar refractivity (Wildman–Crippen MR) is 63.7 cm³/mol. The van der Waals surface area contributed by atoms with E-state index >= 15 is 0 Å². The molecule has 0 heterocycles. The number of aliphatic hydroxyl groups is 1. The van der Waals surface area contributed by atoms with Gasteiger partial charge in [0.2, 0.25) is 0 Å². The Hall–Kier alpha value is -1.06. The van der Waals surface area contributed by atoms with E-state index in [-0.39, 0.29) is 12.7 Å². The minimum Gasteiger partial charge on any atom is -0.489 e. The highest BCUT2D eigenvalue weighted by atomic mass is 16.5. The summed E-state index contributed by atoms with van der Waals surface area (Å²) in [7, 11) is 0. The molecule has 0 radical (unpaired) electrons. The topological polar surface area (TPSA) is 41.5 Å². The predicted octanol–water partition coefficient (Wildman–Crippen LogP) is 1.49. The molecule has 2 N–H and O–H groups in total. The Morgan fingerprint density at radius 1 is 1.38 bits per heavy atom. The molecule has 2 rings (SSSR count). The second-order valence-electron chi connectivity index (χ2n) is 4.28. The molecule has 1 aliphatic rings. The van der Waals surface area contributed by atoms with Crippen LogP contribution in [0.25, 0.3) is 0 Å². The van der Waals surface area contributed by atoms with Gasteiger partial charge in [-0.3, -0.25) is 0 Å². The standard InChI is InChI=1S/C13H19NO2/c1-10-4-2-3-5-12(10)16-13-7-6-11(13)14-8-9-15/h2-5,11,13-15H,6-9H2,1H3/t11-,13-/m0/s1. The Morgan fingerprint density at radius 3 is 2.81 bits per heavy atom. The van der Waals surface area contributed by atoms with Crippen molar-refractivity contribution in [3.05, 3.63) is 29.8 Å². The first-order chi connectivity index (χ1) is 7.81. The molecule has 1 saturated carbocycles. The molecule has 1 aromatic rings. The van der Waals surface area contributed by atoms with E-state index in [2.05, 4.69) is 18.3 Å². The van der Waals surface area contributed by atoms with Crippen LogP contribution in [-0.4, -0.2) is 30.4 Å². The van der Waals surface area contributed by atoms with Gasteiger partial charge in [0.25, 0.3) is 0 Å². The molecule has 1 aliphatic carbocycles. The second-order valence-corrected chi connectivity index (χ2v) is 4.28. The molecule has 3 nitrogen and oxygen atoms in total. The van der Waals surface area contributed by atoms with Crippen molar-refractivity contribution < 1.29 is 9.84 Å². The van der Waals surface area contributed by atoms with Crippen LogP contribution in [0.3, 0.4) is 0 Å². The summed E-state index contributed by atoms with van der Waals surface area (Å²) >= 11 is 0. The molecule has 0 amide bonds. The van der Waals surface area contributed by atoms with Crippen LogP contribution in [0.2, 0.25) is 0 Å². The molecule has 0 bridgehead atoms. The SMILES string of the molecule is Cc1ccccc1O[C@H]1CC[C@@H]1NCCO. The summed E-state index contributed by atoms with van der Waals surface area (Å²) in [5.41, 5.74) is 1.18. The van der Waals surface area contributed by atoms with Gasteiger partial charge in [-0.15, -0.1) is 0 Å². The molecular weight excluding hydrogens is 202 g/mol. The maximum atomic E-state index is 8.75. The molecule has 0 saturated heterocycles. The Morgan fingerprint density at radius 2 is 2.19 bits per heavy atom. The van der Waals surface area contributed by atoms with Crippen molar-refractivity contribution in [2.45, 2.75) is 31.9 Å². The van der Waals surface area contributed by atoms with E-state index in [0.717, 1.165) is 18.6 Å². The van der Waals surface area contributed by atoms with Crippen molar-refractivity contribution in [2.75, 3.05) is 13.2 Å². The Bertz CT molecular complexity index is 340. The number of para-hydroxylation sites is 1. The van der Waals surface area contributed by atoms with Crippen molar-refractivity contribution in [3.8, 4) is 5.75 Å². The third-order valence-electron chi connectivity index (χ3n) is 3.10. The van der Waals surface area contributed by atoms with Crippen LogP contribution >= 0.6 is 0 Å². The molecule has 3 heteroatoms.